The highest BCUT2D eigenvalue weighted by Gasteiger charge is 2.26. The molecule has 5 heteroatoms. The molecule has 1 aromatic rings. The summed E-state index contributed by atoms with van der Waals surface area (Å²) in [5.74, 6) is -0.413. The number of piperazine rings is 1. The van der Waals surface area contributed by atoms with Crippen molar-refractivity contribution in [3.8, 4) is 0 Å². The van der Waals surface area contributed by atoms with E-state index in [0.29, 0.717) is 18.8 Å². The number of nitrogens with zero attached hydrogens (tertiary/aromatic N) is 1. The number of anilines is 1. The molecular weight excluding hydrogens is 230 g/mol. The molecule has 0 aliphatic carbocycles. The van der Waals surface area contributed by atoms with Crippen LogP contribution >= 0.6 is 0 Å². The van der Waals surface area contributed by atoms with Crippen LogP contribution < -0.4 is 11.1 Å². The second-order valence-corrected chi connectivity index (χ2v) is 4.50. The summed E-state index contributed by atoms with van der Waals surface area (Å²) < 4.78 is 0. The molecule has 1 unspecified atom stereocenters. The number of hydrogen-bond acceptors (Lipinski definition) is 3. The molecule has 18 heavy (non-hydrogen) atoms. The zero-order valence-electron chi connectivity index (χ0n) is 10.3. The Bertz CT molecular complexity index is 473. The van der Waals surface area contributed by atoms with E-state index in [0.717, 1.165) is 5.56 Å². The van der Waals surface area contributed by atoms with Crippen LogP contribution in [0.4, 0.5) is 5.69 Å². The number of nitrogens with two attached hydrogens (primary N) is 1. The third kappa shape index (κ3) is 2.61. The molecule has 1 atom stereocenters. The fraction of sp³-hybridized carbons (Fsp3) is 0.385. The van der Waals surface area contributed by atoms with Crippen LogP contribution in [0.5, 0.6) is 0 Å². The Balaban J connectivity index is 2.10. The number of carbonyl (C=O) groups excluding carboxylic acids is 2. The minimum Gasteiger partial charge on any atom is -0.399 e. The smallest absolute Gasteiger partial charge is 0.239 e. The van der Waals surface area contributed by atoms with Crippen molar-refractivity contribution in [1.29, 1.82) is 0 Å². The molecule has 1 aromatic carbocycles. The maximum atomic E-state index is 12.3. The van der Waals surface area contributed by atoms with Crippen LogP contribution in [0, 0.1) is 0 Å². The van der Waals surface area contributed by atoms with Gasteiger partial charge in [-0.25, -0.2) is 0 Å². The zero-order chi connectivity index (χ0) is 13.1. The number of rotatable bonds is 2. The molecule has 2 rings (SSSR count). The highest BCUT2D eigenvalue weighted by atomic mass is 16.2. The SMILES string of the molecule is CC(C(=O)N1CCNC(=O)C1)c1cccc(N)c1. The molecule has 0 saturated carbocycles. The van der Waals surface area contributed by atoms with Crippen molar-refractivity contribution >= 4 is 17.5 Å². The third-order valence-electron chi connectivity index (χ3n) is 3.13. The van der Waals surface area contributed by atoms with Gasteiger partial charge in [0.2, 0.25) is 11.8 Å². The number of carbonyl (C=O) groups is 2. The van der Waals surface area contributed by atoms with Crippen molar-refractivity contribution < 1.29 is 9.59 Å². The molecule has 0 radical (unpaired) electrons. The van der Waals surface area contributed by atoms with E-state index in [2.05, 4.69) is 5.32 Å². The first-order valence-electron chi connectivity index (χ1n) is 5.99. The molecule has 2 amide bonds. The predicted octanol–water partition coefficient (Wildman–Crippen LogP) is 0.331. The maximum absolute atomic E-state index is 12.3. The lowest BCUT2D eigenvalue weighted by Gasteiger charge is -2.29. The molecule has 3 N–H and O–H groups in total. The number of nitrogen functional groups attached to an aromatic ring is 1. The molecule has 1 fully saturated rings. The fourth-order valence-electron chi connectivity index (χ4n) is 2.07. The van der Waals surface area contributed by atoms with E-state index >= 15 is 0 Å². The van der Waals surface area contributed by atoms with E-state index in [-0.39, 0.29) is 24.3 Å². The predicted molar refractivity (Wildman–Crippen MR) is 68.9 cm³/mol. The van der Waals surface area contributed by atoms with E-state index < -0.39 is 0 Å². The van der Waals surface area contributed by atoms with Gasteiger partial charge in [0.05, 0.1) is 12.5 Å². The van der Waals surface area contributed by atoms with Gasteiger partial charge in [-0.1, -0.05) is 12.1 Å². The van der Waals surface area contributed by atoms with Crippen LogP contribution in [-0.2, 0) is 9.59 Å². The lowest BCUT2D eigenvalue weighted by molar-refractivity contribution is -0.139. The van der Waals surface area contributed by atoms with Crippen molar-refractivity contribution in [2.24, 2.45) is 0 Å². The molecule has 1 saturated heterocycles. The van der Waals surface area contributed by atoms with Gasteiger partial charge in [0.25, 0.3) is 0 Å². The second kappa shape index (κ2) is 5.08. The van der Waals surface area contributed by atoms with Crippen molar-refractivity contribution in [2.45, 2.75) is 12.8 Å². The maximum Gasteiger partial charge on any atom is 0.239 e. The molecule has 0 bridgehead atoms. The number of nitrogens with one attached hydrogen (secondary N) is 1. The molecule has 0 spiro atoms. The first-order chi connectivity index (χ1) is 8.58. The van der Waals surface area contributed by atoms with Gasteiger partial charge in [0.1, 0.15) is 0 Å². The Hall–Kier alpha value is -2.04. The number of hydrogen-bond donors (Lipinski definition) is 2. The molecule has 5 nitrogen and oxygen atoms in total. The number of benzene rings is 1. The summed E-state index contributed by atoms with van der Waals surface area (Å²) in [4.78, 5) is 25.1. The molecule has 1 aliphatic heterocycles. The molecule has 1 aliphatic rings. The summed E-state index contributed by atoms with van der Waals surface area (Å²) in [6.45, 7) is 3.07. The van der Waals surface area contributed by atoms with Crippen LogP contribution in [-0.4, -0.2) is 36.3 Å². The standard InChI is InChI=1S/C13H17N3O2/c1-9(10-3-2-4-11(14)7-10)13(18)16-6-5-15-12(17)8-16/h2-4,7,9H,5-6,8,14H2,1H3,(H,15,17). The molecule has 1 heterocycles. The van der Waals surface area contributed by atoms with Gasteiger partial charge in [-0.2, -0.15) is 0 Å². The van der Waals surface area contributed by atoms with Crippen molar-refractivity contribution in [1.82, 2.24) is 10.2 Å². The summed E-state index contributed by atoms with van der Waals surface area (Å²) >= 11 is 0. The zero-order valence-corrected chi connectivity index (χ0v) is 10.3. The molecular formula is C13H17N3O2. The highest BCUT2D eigenvalue weighted by Crippen LogP contribution is 2.20. The first kappa shape index (κ1) is 12.4. The van der Waals surface area contributed by atoms with Crippen molar-refractivity contribution in [3.63, 3.8) is 0 Å². The summed E-state index contributed by atoms with van der Waals surface area (Å²) in [7, 11) is 0. The normalized spacial score (nSPS) is 17.2. The van der Waals surface area contributed by atoms with Gasteiger partial charge >= 0.3 is 0 Å². The van der Waals surface area contributed by atoms with Gasteiger partial charge in [0.15, 0.2) is 0 Å². The Morgan fingerprint density at radius 1 is 1.50 bits per heavy atom. The van der Waals surface area contributed by atoms with Crippen LogP contribution in [0.1, 0.15) is 18.4 Å². The van der Waals surface area contributed by atoms with Crippen LogP contribution in [0.2, 0.25) is 0 Å². The fourth-order valence-corrected chi connectivity index (χ4v) is 2.07. The Morgan fingerprint density at radius 3 is 2.94 bits per heavy atom. The Morgan fingerprint density at radius 2 is 2.28 bits per heavy atom. The number of amides is 2. The summed E-state index contributed by atoms with van der Waals surface area (Å²) in [6, 6.07) is 7.29. The Kier molecular flexibility index (Phi) is 3.50. The van der Waals surface area contributed by atoms with Crippen molar-refractivity contribution in [2.75, 3.05) is 25.4 Å². The van der Waals surface area contributed by atoms with Gasteiger partial charge in [0, 0.05) is 18.8 Å². The minimum absolute atomic E-state index is 0.0320. The minimum atomic E-state index is -0.278. The average Bonchev–Trinajstić information content (AvgIpc) is 2.37. The average molecular weight is 247 g/mol. The summed E-state index contributed by atoms with van der Waals surface area (Å²) in [6.07, 6.45) is 0. The first-order valence-corrected chi connectivity index (χ1v) is 5.99. The molecule has 96 valence electrons. The lowest BCUT2D eigenvalue weighted by atomic mass is 9.99. The summed E-state index contributed by atoms with van der Waals surface area (Å²) in [5.41, 5.74) is 7.23. The van der Waals surface area contributed by atoms with E-state index in [1.165, 1.54) is 0 Å². The third-order valence-corrected chi connectivity index (χ3v) is 3.13. The topological polar surface area (TPSA) is 75.4 Å². The van der Waals surface area contributed by atoms with Gasteiger partial charge in [-0.15, -0.1) is 0 Å². The van der Waals surface area contributed by atoms with E-state index in [9.17, 15) is 9.59 Å². The van der Waals surface area contributed by atoms with E-state index in [1.807, 2.05) is 19.1 Å². The molecule has 0 aromatic heterocycles. The van der Waals surface area contributed by atoms with Gasteiger partial charge < -0.3 is 16.0 Å². The summed E-state index contributed by atoms with van der Waals surface area (Å²) in [5, 5.41) is 2.70. The van der Waals surface area contributed by atoms with Crippen LogP contribution in [0.15, 0.2) is 24.3 Å². The second-order valence-electron chi connectivity index (χ2n) is 4.50. The largest absolute Gasteiger partial charge is 0.399 e. The monoisotopic (exact) mass is 247 g/mol. The van der Waals surface area contributed by atoms with Crippen LogP contribution in [0.25, 0.3) is 0 Å². The van der Waals surface area contributed by atoms with Crippen molar-refractivity contribution in [3.05, 3.63) is 29.8 Å². The lowest BCUT2D eigenvalue weighted by Crippen LogP contribution is -2.50. The Labute approximate surface area is 106 Å². The quantitative estimate of drug-likeness (QED) is 0.739. The van der Waals surface area contributed by atoms with Gasteiger partial charge in [-0.05, 0) is 24.6 Å². The highest BCUT2D eigenvalue weighted by molar-refractivity contribution is 5.89. The van der Waals surface area contributed by atoms with Crippen LogP contribution in [0.3, 0.4) is 0 Å². The van der Waals surface area contributed by atoms with E-state index in [4.69, 9.17) is 5.73 Å². The van der Waals surface area contributed by atoms with E-state index in [1.54, 1.807) is 17.0 Å². The van der Waals surface area contributed by atoms with Gasteiger partial charge in [-0.3, -0.25) is 9.59 Å².